The molecule has 1 aliphatic rings. The topological polar surface area (TPSA) is 41.6 Å². The fourth-order valence-electron chi connectivity index (χ4n) is 3.24. The van der Waals surface area contributed by atoms with Gasteiger partial charge in [0.2, 0.25) is 0 Å². The lowest BCUT2D eigenvalue weighted by Gasteiger charge is -2.33. The summed E-state index contributed by atoms with van der Waals surface area (Å²) >= 11 is 1.69. The number of thioether (sulfide) groups is 1. The molecule has 0 atom stereocenters. The summed E-state index contributed by atoms with van der Waals surface area (Å²) in [5.74, 6) is 0.883. The number of carbonyl (C=O) groups is 1. The number of methoxy groups -OCH3 is 1. The Labute approximate surface area is 159 Å². The Morgan fingerprint density at radius 2 is 1.85 bits per heavy atom. The summed E-state index contributed by atoms with van der Waals surface area (Å²) in [6, 6.07) is 15.9. The molecule has 5 heteroatoms. The Kier molecular flexibility index (Phi) is 6.58. The molecule has 138 valence electrons. The second kappa shape index (κ2) is 9.10. The molecule has 0 saturated carbocycles. The van der Waals surface area contributed by atoms with Gasteiger partial charge in [-0.3, -0.25) is 4.79 Å². The van der Waals surface area contributed by atoms with Gasteiger partial charge < -0.3 is 15.0 Å². The standard InChI is InChI=1S/C21H26N2O2S/c1-3-26-20-7-5-4-6-19(20)21(24)22-16-8-10-17(11-9-16)23-14-12-18(25-2)13-15-23/h4-11,18H,3,12-15H2,1-2H3,(H,22,24). The average Bonchev–Trinajstić information content (AvgIpc) is 2.69. The second-order valence-corrected chi connectivity index (χ2v) is 7.66. The van der Waals surface area contributed by atoms with E-state index in [0.717, 1.165) is 47.8 Å². The zero-order valence-corrected chi connectivity index (χ0v) is 16.2. The van der Waals surface area contributed by atoms with Crippen LogP contribution in [0.25, 0.3) is 0 Å². The van der Waals surface area contributed by atoms with Gasteiger partial charge in [-0.15, -0.1) is 11.8 Å². The molecule has 0 aliphatic carbocycles. The number of nitrogens with one attached hydrogen (secondary N) is 1. The normalized spacial score (nSPS) is 15.1. The third kappa shape index (κ3) is 4.59. The third-order valence-electron chi connectivity index (χ3n) is 4.70. The van der Waals surface area contributed by atoms with Gasteiger partial charge in [0.25, 0.3) is 5.91 Å². The Morgan fingerprint density at radius 3 is 2.50 bits per heavy atom. The number of nitrogens with zero attached hydrogens (tertiary/aromatic N) is 1. The van der Waals surface area contributed by atoms with Crippen molar-refractivity contribution in [2.24, 2.45) is 0 Å². The molecule has 1 saturated heterocycles. The lowest BCUT2D eigenvalue weighted by Crippen LogP contribution is -2.36. The van der Waals surface area contributed by atoms with Gasteiger partial charge in [0.1, 0.15) is 0 Å². The van der Waals surface area contributed by atoms with E-state index < -0.39 is 0 Å². The Bertz CT molecular complexity index is 725. The fraction of sp³-hybridized carbons (Fsp3) is 0.381. The minimum atomic E-state index is -0.0600. The number of ether oxygens (including phenoxy) is 1. The van der Waals surface area contributed by atoms with Gasteiger partial charge in [-0.05, 0) is 55.0 Å². The third-order valence-corrected chi connectivity index (χ3v) is 5.65. The molecule has 0 aromatic heterocycles. The highest BCUT2D eigenvalue weighted by Gasteiger charge is 2.19. The molecular formula is C21H26N2O2S. The molecule has 3 rings (SSSR count). The van der Waals surface area contributed by atoms with Crippen molar-refractivity contribution in [1.82, 2.24) is 0 Å². The molecule has 0 spiro atoms. The van der Waals surface area contributed by atoms with Crippen molar-refractivity contribution in [3.8, 4) is 0 Å². The van der Waals surface area contributed by atoms with Crippen LogP contribution in [0.5, 0.6) is 0 Å². The first-order valence-electron chi connectivity index (χ1n) is 9.12. The van der Waals surface area contributed by atoms with Crippen LogP contribution in [0.3, 0.4) is 0 Å². The zero-order chi connectivity index (χ0) is 18.4. The fourth-order valence-corrected chi connectivity index (χ4v) is 4.04. The minimum Gasteiger partial charge on any atom is -0.381 e. The molecule has 2 aromatic rings. The van der Waals surface area contributed by atoms with Gasteiger partial charge in [-0.25, -0.2) is 0 Å². The monoisotopic (exact) mass is 370 g/mol. The minimum absolute atomic E-state index is 0.0600. The van der Waals surface area contributed by atoms with Crippen LogP contribution < -0.4 is 10.2 Å². The molecule has 2 aromatic carbocycles. The predicted octanol–water partition coefficient (Wildman–Crippen LogP) is 4.67. The highest BCUT2D eigenvalue weighted by atomic mass is 32.2. The summed E-state index contributed by atoms with van der Waals surface area (Å²) in [6.45, 7) is 4.10. The quantitative estimate of drug-likeness (QED) is 0.751. The molecule has 1 aliphatic heterocycles. The van der Waals surface area contributed by atoms with Crippen molar-refractivity contribution in [1.29, 1.82) is 0 Å². The van der Waals surface area contributed by atoms with Crippen LogP contribution in [0.2, 0.25) is 0 Å². The smallest absolute Gasteiger partial charge is 0.256 e. The molecule has 0 radical (unpaired) electrons. The summed E-state index contributed by atoms with van der Waals surface area (Å²) in [5.41, 5.74) is 2.74. The van der Waals surface area contributed by atoms with Crippen molar-refractivity contribution in [3.05, 3.63) is 54.1 Å². The molecule has 1 N–H and O–H groups in total. The van der Waals surface area contributed by atoms with Crippen LogP contribution in [0.1, 0.15) is 30.1 Å². The van der Waals surface area contributed by atoms with E-state index in [9.17, 15) is 4.79 Å². The molecule has 4 nitrogen and oxygen atoms in total. The second-order valence-electron chi connectivity index (χ2n) is 6.35. The average molecular weight is 371 g/mol. The lowest BCUT2D eigenvalue weighted by atomic mass is 10.1. The predicted molar refractivity (Wildman–Crippen MR) is 109 cm³/mol. The summed E-state index contributed by atoms with van der Waals surface area (Å²) in [4.78, 5) is 16.0. The van der Waals surface area contributed by atoms with E-state index in [-0.39, 0.29) is 5.91 Å². The van der Waals surface area contributed by atoms with Gasteiger partial charge in [0, 0.05) is 36.5 Å². The van der Waals surface area contributed by atoms with Crippen molar-refractivity contribution < 1.29 is 9.53 Å². The van der Waals surface area contributed by atoms with E-state index in [4.69, 9.17) is 4.74 Å². The lowest BCUT2D eigenvalue weighted by molar-refractivity contribution is 0.0819. The van der Waals surface area contributed by atoms with Crippen molar-refractivity contribution in [3.63, 3.8) is 0 Å². The van der Waals surface area contributed by atoms with Gasteiger partial charge in [-0.2, -0.15) is 0 Å². The van der Waals surface area contributed by atoms with Gasteiger partial charge in [-0.1, -0.05) is 19.1 Å². The molecule has 1 heterocycles. The molecule has 1 fully saturated rings. The maximum atomic E-state index is 12.6. The molecule has 0 bridgehead atoms. The van der Waals surface area contributed by atoms with Crippen LogP contribution >= 0.6 is 11.8 Å². The number of benzene rings is 2. The largest absolute Gasteiger partial charge is 0.381 e. The van der Waals surface area contributed by atoms with E-state index in [2.05, 4.69) is 29.3 Å². The van der Waals surface area contributed by atoms with E-state index >= 15 is 0 Å². The number of hydrogen-bond donors (Lipinski definition) is 1. The SMILES string of the molecule is CCSc1ccccc1C(=O)Nc1ccc(N2CCC(OC)CC2)cc1. The van der Waals surface area contributed by atoms with Crippen LogP contribution in [0.15, 0.2) is 53.4 Å². The number of amides is 1. The van der Waals surface area contributed by atoms with Crippen LogP contribution in [0.4, 0.5) is 11.4 Å². The van der Waals surface area contributed by atoms with Crippen LogP contribution in [-0.2, 0) is 4.74 Å². The van der Waals surface area contributed by atoms with Crippen molar-refractivity contribution in [2.45, 2.75) is 30.8 Å². The number of rotatable bonds is 6. The van der Waals surface area contributed by atoms with Crippen molar-refractivity contribution >= 4 is 29.0 Å². The highest BCUT2D eigenvalue weighted by Crippen LogP contribution is 2.25. The Balaban J connectivity index is 1.63. The highest BCUT2D eigenvalue weighted by molar-refractivity contribution is 7.99. The summed E-state index contributed by atoms with van der Waals surface area (Å²) in [5, 5.41) is 3.01. The molecule has 1 amide bonds. The first kappa shape index (κ1) is 18.8. The Morgan fingerprint density at radius 1 is 1.15 bits per heavy atom. The first-order valence-corrected chi connectivity index (χ1v) is 10.1. The van der Waals surface area contributed by atoms with E-state index in [1.54, 1.807) is 18.9 Å². The maximum absolute atomic E-state index is 12.6. The molecule has 26 heavy (non-hydrogen) atoms. The van der Waals surface area contributed by atoms with Crippen molar-refractivity contribution in [2.75, 3.05) is 36.2 Å². The number of hydrogen-bond acceptors (Lipinski definition) is 4. The van der Waals surface area contributed by atoms with E-state index in [1.165, 1.54) is 5.69 Å². The van der Waals surface area contributed by atoms with Crippen LogP contribution in [0, 0.1) is 0 Å². The molecule has 0 unspecified atom stereocenters. The van der Waals surface area contributed by atoms with Gasteiger partial charge in [0.15, 0.2) is 0 Å². The van der Waals surface area contributed by atoms with E-state index in [1.807, 2.05) is 36.4 Å². The van der Waals surface area contributed by atoms with E-state index in [0.29, 0.717) is 6.10 Å². The number of piperidine rings is 1. The summed E-state index contributed by atoms with van der Waals surface area (Å²) < 4.78 is 5.43. The van der Waals surface area contributed by atoms with Gasteiger partial charge in [0.05, 0.1) is 11.7 Å². The number of carbonyl (C=O) groups excluding carboxylic acids is 1. The Hall–Kier alpha value is -1.98. The summed E-state index contributed by atoms with van der Waals surface area (Å²) in [6.07, 6.45) is 2.49. The molecular weight excluding hydrogens is 344 g/mol. The van der Waals surface area contributed by atoms with Crippen LogP contribution in [-0.4, -0.2) is 38.0 Å². The maximum Gasteiger partial charge on any atom is 0.256 e. The number of anilines is 2. The summed E-state index contributed by atoms with van der Waals surface area (Å²) in [7, 11) is 1.79. The zero-order valence-electron chi connectivity index (χ0n) is 15.4. The van der Waals surface area contributed by atoms with Gasteiger partial charge >= 0.3 is 0 Å². The first-order chi connectivity index (χ1) is 12.7.